The number of fused-ring (bicyclic) bond motifs is 2. The SMILES string of the molecule is COc1ccc(/C=C\C(=O)NCCn2ncc3c(=O)n(Cc4cccc5ccccc45)cnc32)cc1OC. The second-order valence-electron chi connectivity index (χ2n) is 8.66. The lowest BCUT2D eigenvalue weighted by molar-refractivity contribution is -0.116. The van der Waals surface area contributed by atoms with E-state index >= 15 is 0 Å². The van der Waals surface area contributed by atoms with E-state index in [0.29, 0.717) is 42.2 Å². The summed E-state index contributed by atoms with van der Waals surface area (Å²) in [5.74, 6) is 0.959. The van der Waals surface area contributed by atoms with Crippen molar-refractivity contribution >= 4 is 33.8 Å². The third-order valence-corrected chi connectivity index (χ3v) is 6.30. The number of nitrogens with zero attached hydrogens (tertiary/aromatic N) is 4. The molecule has 9 nitrogen and oxygen atoms in total. The van der Waals surface area contributed by atoms with Crippen molar-refractivity contribution in [3.8, 4) is 11.5 Å². The van der Waals surface area contributed by atoms with Crippen molar-refractivity contribution in [2.75, 3.05) is 20.8 Å². The van der Waals surface area contributed by atoms with Crippen molar-refractivity contribution in [3.05, 3.63) is 101 Å². The zero-order valence-corrected chi connectivity index (χ0v) is 21.1. The number of carbonyl (C=O) groups excluding carboxylic acids is 1. The van der Waals surface area contributed by atoms with Crippen LogP contribution in [0.25, 0.3) is 27.9 Å². The summed E-state index contributed by atoms with van der Waals surface area (Å²) in [5, 5.41) is 9.82. The molecule has 0 saturated carbocycles. The Morgan fingerprint density at radius 1 is 1.00 bits per heavy atom. The molecule has 0 aliphatic heterocycles. The number of nitrogens with one attached hydrogen (secondary N) is 1. The summed E-state index contributed by atoms with van der Waals surface area (Å²) in [6.45, 7) is 1.11. The van der Waals surface area contributed by atoms with Gasteiger partial charge < -0.3 is 14.8 Å². The van der Waals surface area contributed by atoms with Crippen molar-refractivity contribution in [2.45, 2.75) is 13.1 Å². The Morgan fingerprint density at radius 3 is 2.66 bits per heavy atom. The number of amides is 1. The number of benzene rings is 3. The van der Waals surface area contributed by atoms with Gasteiger partial charge in [0, 0.05) is 12.6 Å². The molecule has 0 spiro atoms. The van der Waals surface area contributed by atoms with E-state index in [4.69, 9.17) is 9.47 Å². The predicted octanol–water partition coefficient (Wildman–Crippen LogP) is 3.64. The van der Waals surface area contributed by atoms with Crippen molar-refractivity contribution in [1.29, 1.82) is 0 Å². The lowest BCUT2D eigenvalue weighted by Gasteiger charge is -2.09. The van der Waals surface area contributed by atoms with Crippen molar-refractivity contribution in [1.82, 2.24) is 24.6 Å². The molecule has 1 N–H and O–H groups in total. The molecule has 0 atom stereocenters. The second-order valence-corrected chi connectivity index (χ2v) is 8.66. The third-order valence-electron chi connectivity index (χ3n) is 6.30. The van der Waals surface area contributed by atoms with E-state index in [0.717, 1.165) is 21.9 Å². The van der Waals surface area contributed by atoms with Crippen molar-refractivity contribution < 1.29 is 14.3 Å². The maximum absolute atomic E-state index is 13.1. The molecule has 0 radical (unpaired) electrons. The first-order chi connectivity index (χ1) is 18.6. The summed E-state index contributed by atoms with van der Waals surface area (Å²) < 4.78 is 13.7. The lowest BCUT2D eigenvalue weighted by atomic mass is 10.0. The van der Waals surface area contributed by atoms with Crippen LogP contribution in [-0.4, -0.2) is 46.0 Å². The summed E-state index contributed by atoms with van der Waals surface area (Å²) >= 11 is 0. The van der Waals surface area contributed by atoms with Gasteiger partial charge in [-0.1, -0.05) is 48.5 Å². The van der Waals surface area contributed by atoms with Crippen LogP contribution < -0.4 is 20.3 Å². The first kappa shape index (κ1) is 24.8. The molecule has 192 valence electrons. The molecule has 0 unspecified atom stereocenters. The number of ether oxygens (including phenoxy) is 2. The molecule has 0 aliphatic rings. The molecule has 1 amide bonds. The molecule has 3 aromatic carbocycles. The first-order valence-corrected chi connectivity index (χ1v) is 12.1. The molecular formula is C29H27N5O4. The van der Waals surface area contributed by atoms with E-state index in [1.54, 1.807) is 48.0 Å². The van der Waals surface area contributed by atoms with Gasteiger partial charge >= 0.3 is 0 Å². The van der Waals surface area contributed by atoms with E-state index < -0.39 is 0 Å². The standard InChI is InChI=1S/C29H27N5O4/c1-37-25-12-10-20(16-26(25)38-2)11-13-27(35)30-14-15-34-28-24(17-32-34)29(36)33(19-31-28)18-22-8-5-7-21-6-3-4-9-23(21)22/h3-13,16-17,19H,14-15,18H2,1-2H3,(H,30,35)/b13-11-. The van der Waals surface area contributed by atoms with Gasteiger partial charge in [0.2, 0.25) is 5.91 Å². The second kappa shape index (κ2) is 11.0. The van der Waals surface area contributed by atoms with Crippen LogP contribution in [0.3, 0.4) is 0 Å². The van der Waals surface area contributed by atoms with E-state index in [-0.39, 0.29) is 11.5 Å². The molecule has 0 bridgehead atoms. The Morgan fingerprint density at radius 2 is 1.82 bits per heavy atom. The maximum atomic E-state index is 13.1. The molecule has 2 heterocycles. The Balaban J connectivity index is 1.23. The molecule has 0 saturated heterocycles. The summed E-state index contributed by atoms with van der Waals surface area (Å²) in [5.41, 5.74) is 2.18. The Labute approximate surface area is 218 Å². The Kier molecular flexibility index (Phi) is 7.17. The molecule has 2 aromatic heterocycles. The molecule has 9 heteroatoms. The van der Waals surface area contributed by atoms with Gasteiger partial charge in [-0.25, -0.2) is 9.67 Å². The minimum absolute atomic E-state index is 0.156. The third kappa shape index (κ3) is 5.12. The predicted molar refractivity (Wildman–Crippen MR) is 146 cm³/mol. The number of carbonyl (C=O) groups is 1. The highest BCUT2D eigenvalue weighted by molar-refractivity contribution is 5.91. The summed E-state index contributed by atoms with van der Waals surface area (Å²) in [4.78, 5) is 29.9. The maximum Gasteiger partial charge on any atom is 0.264 e. The summed E-state index contributed by atoms with van der Waals surface area (Å²) in [7, 11) is 3.13. The highest BCUT2D eigenvalue weighted by atomic mass is 16.5. The quantitative estimate of drug-likeness (QED) is 0.305. The van der Waals surface area contributed by atoms with Gasteiger partial charge in [0.25, 0.3) is 5.56 Å². The average Bonchev–Trinajstić information content (AvgIpc) is 3.37. The molecule has 38 heavy (non-hydrogen) atoms. The smallest absolute Gasteiger partial charge is 0.264 e. The fraction of sp³-hybridized carbons (Fsp3) is 0.172. The molecular weight excluding hydrogens is 482 g/mol. The fourth-order valence-electron chi connectivity index (χ4n) is 4.36. The van der Waals surface area contributed by atoms with Gasteiger partial charge in [-0.15, -0.1) is 0 Å². The van der Waals surface area contributed by atoms with Crippen LogP contribution in [-0.2, 0) is 17.9 Å². The first-order valence-electron chi connectivity index (χ1n) is 12.1. The monoisotopic (exact) mass is 509 g/mol. The van der Waals surface area contributed by atoms with E-state index in [1.165, 1.54) is 12.3 Å². The van der Waals surface area contributed by atoms with Gasteiger partial charge in [0.15, 0.2) is 17.1 Å². The highest BCUT2D eigenvalue weighted by Crippen LogP contribution is 2.28. The minimum Gasteiger partial charge on any atom is -0.493 e. The minimum atomic E-state index is -0.248. The summed E-state index contributed by atoms with van der Waals surface area (Å²) in [6, 6.07) is 19.6. The molecule has 0 fully saturated rings. The van der Waals surface area contributed by atoms with Gasteiger partial charge in [-0.05, 0) is 40.1 Å². The van der Waals surface area contributed by atoms with Gasteiger partial charge in [-0.3, -0.25) is 14.2 Å². The van der Waals surface area contributed by atoms with Crippen molar-refractivity contribution in [3.63, 3.8) is 0 Å². The van der Waals surface area contributed by atoms with Crippen LogP contribution in [0.1, 0.15) is 11.1 Å². The number of hydrogen-bond acceptors (Lipinski definition) is 6. The zero-order chi connectivity index (χ0) is 26.5. The normalized spacial score (nSPS) is 11.3. The fourth-order valence-corrected chi connectivity index (χ4v) is 4.36. The van der Waals surface area contributed by atoms with Gasteiger partial charge in [-0.2, -0.15) is 5.10 Å². The number of methoxy groups -OCH3 is 2. The van der Waals surface area contributed by atoms with Crippen LogP contribution in [0.2, 0.25) is 0 Å². The van der Waals surface area contributed by atoms with E-state index in [9.17, 15) is 9.59 Å². The van der Waals surface area contributed by atoms with Crippen LogP contribution in [0.15, 0.2) is 84.1 Å². The van der Waals surface area contributed by atoms with Crippen molar-refractivity contribution in [2.24, 2.45) is 0 Å². The number of hydrogen-bond donors (Lipinski definition) is 1. The van der Waals surface area contributed by atoms with Crippen LogP contribution in [0.5, 0.6) is 11.5 Å². The zero-order valence-electron chi connectivity index (χ0n) is 21.1. The number of aromatic nitrogens is 4. The Hall–Kier alpha value is -4.92. The molecule has 0 aliphatic carbocycles. The topological polar surface area (TPSA) is 100 Å². The lowest BCUT2D eigenvalue weighted by Crippen LogP contribution is -2.26. The highest BCUT2D eigenvalue weighted by Gasteiger charge is 2.11. The number of rotatable bonds is 9. The molecule has 5 rings (SSSR count). The summed E-state index contributed by atoms with van der Waals surface area (Å²) in [6.07, 6.45) is 6.23. The Bertz CT molecular complexity index is 1700. The van der Waals surface area contributed by atoms with E-state index in [2.05, 4.69) is 33.6 Å². The average molecular weight is 510 g/mol. The molecule has 5 aromatic rings. The van der Waals surface area contributed by atoms with E-state index in [1.807, 2.05) is 30.3 Å². The largest absolute Gasteiger partial charge is 0.493 e. The van der Waals surface area contributed by atoms with Crippen LogP contribution in [0.4, 0.5) is 0 Å². The van der Waals surface area contributed by atoms with Crippen LogP contribution in [0, 0.1) is 0 Å². The van der Waals surface area contributed by atoms with Crippen LogP contribution >= 0.6 is 0 Å². The van der Waals surface area contributed by atoms with Gasteiger partial charge in [0.1, 0.15) is 11.7 Å². The van der Waals surface area contributed by atoms with Gasteiger partial charge in [0.05, 0.1) is 33.5 Å².